The Morgan fingerprint density at radius 3 is 2.67 bits per heavy atom. The Morgan fingerprint density at radius 1 is 1.08 bits per heavy atom. The number of amides is 1. The Morgan fingerprint density at radius 2 is 1.89 bits per heavy atom. The molecule has 0 spiro atoms. The molecule has 0 aliphatic carbocycles. The predicted octanol–water partition coefficient (Wildman–Crippen LogP) is 5.02. The Balaban J connectivity index is 1.23. The largest absolute Gasteiger partial charge is 0.424 e. The van der Waals surface area contributed by atoms with Crippen LogP contribution in [0.4, 0.5) is 16.6 Å². The van der Waals surface area contributed by atoms with Gasteiger partial charge in [0.05, 0.1) is 0 Å². The smallest absolute Gasteiger partial charge is 0.323 e. The van der Waals surface area contributed by atoms with Crippen molar-refractivity contribution in [3.05, 3.63) is 78.5 Å². The summed E-state index contributed by atoms with van der Waals surface area (Å²) in [6, 6.07) is 17.1. The third-order valence-corrected chi connectivity index (χ3v) is 6.68. The third-order valence-electron chi connectivity index (χ3n) is 5.54. The Labute approximate surface area is 217 Å². The van der Waals surface area contributed by atoms with Crippen molar-refractivity contribution in [2.45, 2.75) is 0 Å². The second-order valence-corrected chi connectivity index (χ2v) is 9.30. The summed E-state index contributed by atoms with van der Waals surface area (Å²) in [6.07, 6.45) is 2.97. The molecule has 0 radical (unpaired) electrons. The van der Waals surface area contributed by atoms with Gasteiger partial charge in [-0.1, -0.05) is 47.7 Å². The van der Waals surface area contributed by atoms with E-state index in [9.17, 15) is 4.79 Å². The zero-order valence-corrected chi connectivity index (χ0v) is 20.7. The molecule has 1 aliphatic heterocycles. The molecule has 4 aromatic rings. The van der Waals surface area contributed by atoms with Gasteiger partial charge in [-0.05, 0) is 36.4 Å². The lowest BCUT2D eigenvalue weighted by atomic mass is 10.2. The first kappa shape index (κ1) is 23.7. The van der Waals surface area contributed by atoms with Gasteiger partial charge in [0.1, 0.15) is 16.6 Å². The van der Waals surface area contributed by atoms with E-state index in [-0.39, 0.29) is 11.9 Å². The third kappa shape index (κ3) is 5.61. The molecule has 11 heteroatoms. The van der Waals surface area contributed by atoms with Crippen LogP contribution in [0.5, 0.6) is 11.8 Å². The molecular formula is C25H22ClN7O2S. The molecule has 3 heterocycles. The highest BCUT2D eigenvalue weighted by Gasteiger charge is 2.20. The average molecular weight is 520 g/mol. The summed E-state index contributed by atoms with van der Waals surface area (Å²) in [6.45, 7) is 6.33. The Hall–Kier alpha value is -4.02. The lowest BCUT2D eigenvalue weighted by Gasteiger charge is -2.35. The number of nitrogens with zero attached hydrogens (tertiary/aromatic N) is 6. The first-order chi connectivity index (χ1) is 17.6. The standard InChI is InChI=1S/C25H22ClN7O2S/c1-2-22(34)33-14-12-32(13-15-33)19-4-3-5-20(16-19)35-24-27-11-10-21(28-24)29-25-31-30-23(36-25)17-6-8-18(26)9-7-17/h2-11,16H,1,12-15H2,(H,27,28,29,31). The van der Waals surface area contributed by atoms with Gasteiger partial charge in [-0.3, -0.25) is 4.79 Å². The summed E-state index contributed by atoms with van der Waals surface area (Å²) in [5.74, 6) is 1.13. The molecule has 9 nitrogen and oxygen atoms in total. The molecule has 1 aliphatic rings. The summed E-state index contributed by atoms with van der Waals surface area (Å²) in [5.41, 5.74) is 1.95. The number of carbonyl (C=O) groups is 1. The normalized spacial score (nSPS) is 13.4. The summed E-state index contributed by atoms with van der Waals surface area (Å²) >= 11 is 7.37. The van der Waals surface area contributed by atoms with Crippen LogP contribution in [0.15, 0.2) is 73.4 Å². The zero-order valence-electron chi connectivity index (χ0n) is 19.2. The van der Waals surface area contributed by atoms with Crippen molar-refractivity contribution >= 4 is 45.5 Å². The van der Waals surface area contributed by atoms with E-state index >= 15 is 0 Å². The van der Waals surface area contributed by atoms with Crippen LogP contribution in [0.2, 0.25) is 5.02 Å². The van der Waals surface area contributed by atoms with Crippen LogP contribution in [0, 0.1) is 0 Å². The van der Waals surface area contributed by atoms with Gasteiger partial charge in [-0.15, -0.1) is 10.2 Å². The first-order valence-corrected chi connectivity index (χ1v) is 12.4. The lowest BCUT2D eigenvalue weighted by molar-refractivity contribution is -0.126. The topological polar surface area (TPSA) is 96.4 Å². The maximum absolute atomic E-state index is 11.8. The molecular weight excluding hydrogens is 498 g/mol. The fraction of sp³-hybridized carbons (Fsp3) is 0.160. The maximum Gasteiger partial charge on any atom is 0.323 e. The first-order valence-electron chi connectivity index (χ1n) is 11.2. The van der Waals surface area contributed by atoms with Crippen molar-refractivity contribution < 1.29 is 9.53 Å². The molecule has 1 N–H and O–H groups in total. The number of aromatic nitrogens is 4. The zero-order chi connectivity index (χ0) is 24.9. The van der Waals surface area contributed by atoms with Crippen LogP contribution in [-0.2, 0) is 4.79 Å². The summed E-state index contributed by atoms with van der Waals surface area (Å²) < 4.78 is 5.94. The van der Waals surface area contributed by atoms with Crippen molar-refractivity contribution in [2.24, 2.45) is 0 Å². The fourth-order valence-electron chi connectivity index (χ4n) is 3.72. The number of hydrogen-bond donors (Lipinski definition) is 1. The highest BCUT2D eigenvalue weighted by molar-refractivity contribution is 7.18. The van der Waals surface area contributed by atoms with Crippen LogP contribution in [-0.4, -0.2) is 57.2 Å². The SMILES string of the molecule is C=CC(=O)N1CCN(c2cccc(Oc3nccc(Nc4nnc(-c5ccc(Cl)cc5)s4)n3)c2)CC1. The number of hydrogen-bond acceptors (Lipinski definition) is 9. The number of benzene rings is 2. The second kappa shape index (κ2) is 10.7. The van der Waals surface area contributed by atoms with Crippen LogP contribution in [0.25, 0.3) is 10.6 Å². The van der Waals surface area contributed by atoms with Crippen molar-refractivity contribution in [1.82, 2.24) is 25.1 Å². The molecule has 2 aromatic heterocycles. The van der Waals surface area contributed by atoms with Gasteiger partial charge in [0, 0.05) is 54.7 Å². The van der Waals surface area contributed by atoms with E-state index in [1.807, 2.05) is 48.5 Å². The van der Waals surface area contributed by atoms with Gasteiger partial charge < -0.3 is 19.9 Å². The molecule has 0 unspecified atom stereocenters. The van der Waals surface area contributed by atoms with Crippen molar-refractivity contribution in [2.75, 3.05) is 36.4 Å². The maximum atomic E-state index is 11.8. The van der Waals surface area contributed by atoms with Crippen LogP contribution in [0.3, 0.4) is 0 Å². The van der Waals surface area contributed by atoms with E-state index in [4.69, 9.17) is 16.3 Å². The van der Waals surface area contributed by atoms with E-state index in [1.54, 1.807) is 17.2 Å². The molecule has 2 aromatic carbocycles. The summed E-state index contributed by atoms with van der Waals surface area (Å²) in [5, 5.41) is 13.6. The van der Waals surface area contributed by atoms with Crippen LogP contribution >= 0.6 is 22.9 Å². The lowest BCUT2D eigenvalue weighted by Crippen LogP contribution is -2.48. The summed E-state index contributed by atoms with van der Waals surface area (Å²) in [4.78, 5) is 24.5. The minimum atomic E-state index is -0.0351. The van der Waals surface area contributed by atoms with Crippen molar-refractivity contribution in [3.63, 3.8) is 0 Å². The minimum Gasteiger partial charge on any atom is -0.424 e. The molecule has 5 rings (SSSR count). The van der Waals surface area contributed by atoms with Crippen molar-refractivity contribution in [1.29, 1.82) is 0 Å². The van der Waals surface area contributed by atoms with E-state index in [0.29, 0.717) is 34.8 Å². The number of halogens is 1. The fourth-order valence-corrected chi connectivity index (χ4v) is 4.60. The van der Waals surface area contributed by atoms with E-state index in [0.717, 1.165) is 29.3 Å². The highest BCUT2D eigenvalue weighted by atomic mass is 35.5. The van der Waals surface area contributed by atoms with Crippen LogP contribution in [0.1, 0.15) is 0 Å². The van der Waals surface area contributed by atoms with E-state index in [1.165, 1.54) is 17.4 Å². The number of carbonyl (C=O) groups excluding carboxylic acids is 1. The number of anilines is 3. The van der Waals surface area contributed by atoms with Crippen LogP contribution < -0.4 is 15.0 Å². The quantitative estimate of drug-likeness (QED) is 0.340. The Bertz CT molecular complexity index is 1370. The minimum absolute atomic E-state index is 0.0351. The molecule has 1 amide bonds. The van der Waals surface area contributed by atoms with Gasteiger partial charge in [-0.25, -0.2) is 4.98 Å². The van der Waals surface area contributed by atoms with Gasteiger partial charge in [0.25, 0.3) is 0 Å². The number of nitrogens with one attached hydrogen (secondary N) is 1. The molecule has 36 heavy (non-hydrogen) atoms. The average Bonchev–Trinajstić information content (AvgIpc) is 3.37. The second-order valence-electron chi connectivity index (χ2n) is 7.88. The molecule has 1 saturated heterocycles. The monoisotopic (exact) mass is 519 g/mol. The van der Waals surface area contributed by atoms with Gasteiger partial charge in [0.15, 0.2) is 0 Å². The number of piperazine rings is 1. The van der Waals surface area contributed by atoms with Gasteiger partial charge in [-0.2, -0.15) is 4.98 Å². The van der Waals surface area contributed by atoms with Gasteiger partial charge >= 0.3 is 6.01 Å². The van der Waals surface area contributed by atoms with Crippen molar-refractivity contribution in [3.8, 4) is 22.3 Å². The molecule has 0 bridgehead atoms. The predicted molar refractivity (Wildman–Crippen MR) is 141 cm³/mol. The van der Waals surface area contributed by atoms with Gasteiger partial charge in [0.2, 0.25) is 11.0 Å². The number of rotatable bonds is 7. The number of ether oxygens (including phenoxy) is 1. The molecule has 1 fully saturated rings. The van der Waals surface area contributed by atoms with E-state index in [2.05, 4.69) is 37.0 Å². The molecule has 0 atom stereocenters. The summed E-state index contributed by atoms with van der Waals surface area (Å²) in [7, 11) is 0. The Kier molecular flexibility index (Phi) is 7.06. The molecule has 182 valence electrons. The molecule has 0 saturated carbocycles. The highest BCUT2D eigenvalue weighted by Crippen LogP contribution is 2.30. The van der Waals surface area contributed by atoms with E-state index < -0.39 is 0 Å².